The molecule has 0 aromatic heterocycles. The van der Waals surface area contributed by atoms with Crippen LogP contribution in [-0.4, -0.2) is 18.2 Å². The van der Waals surface area contributed by atoms with Gasteiger partial charge in [-0.15, -0.1) is 0 Å². The average Bonchev–Trinajstić information content (AvgIpc) is 2.20. The first-order valence-electron chi connectivity index (χ1n) is 4.21. The summed E-state index contributed by atoms with van der Waals surface area (Å²) in [6, 6.07) is 2.94. The SMILES string of the molecule is COc1cc(CBr)c(F)c(CC(=O)O)c1. The number of hydrogen-bond donors (Lipinski definition) is 1. The molecule has 82 valence electrons. The van der Waals surface area contributed by atoms with E-state index in [9.17, 15) is 9.18 Å². The highest BCUT2D eigenvalue weighted by Gasteiger charge is 2.13. The Labute approximate surface area is 95.0 Å². The summed E-state index contributed by atoms with van der Waals surface area (Å²) in [4.78, 5) is 10.5. The summed E-state index contributed by atoms with van der Waals surface area (Å²) in [5.74, 6) is -1.10. The number of benzene rings is 1. The van der Waals surface area contributed by atoms with E-state index in [0.29, 0.717) is 16.6 Å². The van der Waals surface area contributed by atoms with Crippen LogP contribution in [0.1, 0.15) is 11.1 Å². The molecule has 0 unspecified atom stereocenters. The maximum Gasteiger partial charge on any atom is 0.307 e. The largest absolute Gasteiger partial charge is 0.497 e. The summed E-state index contributed by atoms with van der Waals surface area (Å²) in [5.41, 5.74) is 0.530. The Kier molecular flexibility index (Phi) is 4.08. The smallest absolute Gasteiger partial charge is 0.307 e. The van der Waals surface area contributed by atoms with Crippen LogP contribution in [0.15, 0.2) is 12.1 Å². The lowest BCUT2D eigenvalue weighted by Gasteiger charge is -2.08. The quantitative estimate of drug-likeness (QED) is 0.859. The molecule has 0 atom stereocenters. The first-order chi connectivity index (χ1) is 7.08. The molecule has 0 aliphatic rings. The Hall–Kier alpha value is -1.10. The highest BCUT2D eigenvalue weighted by atomic mass is 79.9. The van der Waals surface area contributed by atoms with E-state index < -0.39 is 11.8 Å². The Bertz CT molecular complexity index is 379. The monoisotopic (exact) mass is 276 g/mol. The van der Waals surface area contributed by atoms with Crippen LogP contribution in [-0.2, 0) is 16.5 Å². The van der Waals surface area contributed by atoms with E-state index in [4.69, 9.17) is 9.84 Å². The van der Waals surface area contributed by atoms with Gasteiger partial charge in [-0.3, -0.25) is 4.79 Å². The van der Waals surface area contributed by atoms with E-state index in [1.807, 2.05) is 0 Å². The van der Waals surface area contributed by atoms with Gasteiger partial charge in [0.05, 0.1) is 13.5 Å². The normalized spacial score (nSPS) is 10.1. The van der Waals surface area contributed by atoms with Gasteiger partial charge in [0.1, 0.15) is 11.6 Å². The topological polar surface area (TPSA) is 46.5 Å². The fraction of sp³-hybridized carbons (Fsp3) is 0.300. The summed E-state index contributed by atoms with van der Waals surface area (Å²) in [7, 11) is 1.45. The molecule has 0 saturated heterocycles. The van der Waals surface area contributed by atoms with Crippen molar-refractivity contribution in [1.29, 1.82) is 0 Å². The molecule has 0 fully saturated rings. The van der Waals surface area contributed by atoms with Gasteiger partial charge in [0.2, 0.25) is 0 Å². The molecule has 0 aliphatic carbocycles. The molecule has 0 amide bonds. The molecule has 0 heterocycles. The molecule has 1 N–H and O–H groups in total. The van der Waals surface area contributed by atoms with Gasteiger partial charge in [0.15, 0.2) is 0 Å². The first kappa shape index (κ1) is 12.0. The van der Waals surface area contributed by atoms with Crippen molar-refractivity contribution in [1.82, 2.24) is 0 Å². The van der Waals surface area contributed by atoms with Crippen molar-refractivity contribution in [3.63, 3.8) is 0 Å². The zero-order chi connectivity index (χ0) is 11.4. The van der Waals surface area contributed by atoms with E-state index in [2.05, 4.69) is 15.9 Å². The van der Waals surface area contributed by atoms with E-state index >= 15 is 0 Å². The Balaban J connectivity index is 3.17. The highest BCUT2D eigenvalue weighted by molar-refractivity contribution is 9.08. The number of methoxy groups -OCH3 is 1. The lowest BCUT2D eigenvalue weighted by molar-refractivity contribution is -0.136. The fourth-order valence-electron chi connectivity index (χ4n) is 1.22. The van der Waals surface area contributed by atoms with Gasteiger partial charge in [0, 0.05) is 16.5 Å². The number of halogens is 2. The predicted octanol–water partition coefficient (Wildman–Crippen LogP) is 2.36. The van der Waals surface area contributed by atoms with Crippen LogP contribution in [0.3, 0.4) is 0 Å². The molecule has 0 saturated carbocycles. The number of aliphatic carboxylic acids is 1. The fourth-order valence-corrected chi connectivity index (χ4v) is 1.63. The first-order valence-corrected chi connectivity index (χ1v) is 5.33. The molecule has 0 aliphatic heterocycles. The Morgan fingerprint density at radius 3 is 2.60 bits per heavy atom. The molecule has 0 radical (unpaired) electrons. The second kappa shape index (κ2) is 5.11. The van der Waals surface area contributed by atoms with Crippen molar-refractivity contribution in [3.05, 3.63) is 29.1 Å². The maximum absolute atomic E-state index is 13.6. The van der Waals surface area contributed by atoms with E-state index in [1.165, 1.54) is 19.2 Å². The zero-order valence-electron chi connectivity index (χ0n) is 8.09. The third kappa shape index (κ3) is 2.92. The third-order valence-corrected chi connectivity index (χ3v) is 2.52. The second-order valence-corrected chi connectivity index (χ2v) is 3.52. The van der Waals surface area contributed by atoms with Gasteiger partial charge in [-0.2, -0.15) is 0 Å². The lowest BCUT2D eigenvalue weighted by Crippen LogP contribution is -2.05. The summed E-state index contributed by atoms with van der Waals surface area (Å²) in [5, 5.41) is 8.92. The van der Waals surface area contributed by atoms with Gasteiger partial charge in [-0.1, -0.05) is 15.9 Å². The van der Waals surface area contributed by atoms with Gasteiger partial charge in [0.25, 0.3) is 0 Å². The predicted molar refractivity (Wildman–Crippen MR) is 56.9 cm³/mol. The molecule has 0 bridgehead atoms. The van der Waals surface area contributed by atoms with Crippen LogP contribution in [0.2, 0.25) is 0 Å². The number of alkyl halides is 1. The van der Waals surface area contributed by atoms with Crippen LogP contribution < -0.4 is 4.74 Å². The Morgan fingerprint density at radius 2 is 2.13 bits per heavy atom. The Morgan fingerprint density at radius 1 is 1.53 bits per heavy atom. The molecular formula is C10H10BrFO3. The second-order valence-electron chi connectivity index (χ2n) is 2.96. The standard InChI is InChI=1S/C10H10BrFO3/c1-15-8-2-6(4-9(13)14)10(12)7(3-8)5-11/h2-3H,4-5H2,1H3,(H,13,14). The molecule has 1 aromatic carbocycles. The lowest BCUT2D eigenvalue weighted by atomic mass is 10.1. The summed E-state index contributed by atoms with van der Waals surface area (Å²) in [6.45, 7) is 0. The minimum atomic E-state index is -1.07. The number of hydrogen-bond acceptors (Lipinski definition) is 2. The maximum atomic E-state index is 13.6. The number of rotatable bonds is 4. The highest BCUT2D eigenvalue weighted by Crippen LogP contribution is 2.23. The van der Waals surface area contributed by atoms with Gasteiger partial charge in [-0.05, 0) is 12.1 Å². The summed E-state index contributed by atoms with van der Waals surface area (Å²) >= 11 is 3.13. The van der Waals surface area contributed by atoms with Crippen LogP contribution in [0, 0.1) is 5.82 Å². The molecule has 1 rings (SSSR count). The van der Waals surface area contributed by atoms with Gasteiger partial charge in [-0.25, -0.2) is 4.39 Å². The van der Waals surface area contributed by atoms with E-state index in [-0.39, 0.29) is 12.0 Å². The van der Waals surface area contributed by atoms with E-state index in [1.54, 1.807) is 0 Å². The van der Waals surface area contributed by atoms with Crippen molar-refractivity contribution in [2.45, 2.75) is 11.8 Å². The summed E-state index contributed by atoms with van der Waals surface area (Å²) < 4.78 is 18.6. The van der Waals surface area contributed by atoms with Crippen LogP contribution in [0.25, 0.3) is 0 Å². The molecule has 0 spiro atoms. The number of carboxylic acids is 1. The molecule has 1 aromatic rings. The van der Waals surface area contributed by atoms with Crippen molar-refractivity contribution in [2.24, 2.45) is 0 Å². The number of carbonyl (C=O) groups is 1. The van der Waals surface area contributed by atoms with Crippen LogP contribution in [0.4, 0.5) is 4.39 Å². The van der Waals surface area contributed by atoms with Gasteiger partial charge < -0.3 is 9.84 Å². The molecule has 5 heteroatoms. The van der Waals surface area contributed by atoms with Crippen LogP contribution in [0.5, 0.6) is 5.75 Å². The van der Waals surface area contributed by atoms with Crippen molar-refractivity contribution >= 4 is 21.9 Å². The molecular weight excluding hydrogens is 267 g/mol. The minimum Gasteiger partial charge on any atom is -0.497 e. The zero-order valence-corrected chi connectivity index (χ0v) is 9.67. The molecule has 3 nitrogen and oxygen atoms in total. The van der Waals surface area contributed by atoms with E-state index in [0.717, 1.165) is 0 Å². The average molecular weight is 277 g/mol. The number of carboxylic acid groups (broad SMARTS) is 1. The van der Waals surface area contributed by atoms with Crippen molar-refractivity contribution in [3.8, 4) is 5.75 Å². The summed E-state index contributed by atoms with van der Waals surface area (Å²) in [6.07, 6.45) is -0.344. The van der Waals surface area contributed by atoms with Crippen molar-refractivity contribution in [2.75, 3.05) is 7.11 Å². The van der Waals surface area contributed by atoms with Crippen LogP contribution >= 0.6 is 15.9 Å². The third-order valence-electron chi connectivity index (χ3n) is 1.92. The molecule has 15 heavy (non-hydrogen) atoms. The van der Waals surface area contributed by atoms with Gasteiger partial charge >= 0.3 is 5.97 Å². The minimum absolute atomic E-state index is 0.135. The van der Waals surface area contributed by atoms with Crippen molar-refractivity contribution < 1.29 is 19.0 Å². The number of ether oxygens (including phenoxy) is 1.